The molecule has 0 saturated carbocycles. The Balaban J connectivity index is 1.74. The summed E-state index contributed by atoms with van der Waals surface area (Å²) in [7, 11) is -1.19. The summed E-state index contributed by atoms with van der Waals surface area (Å²) < 4.78 is 19.1. The highest BCUT2D eigenvalue weighted by atomic mass is 28.3. The van der Waals surface area contributed by atoms with Gasteiger partial charge in [0.15, 0.2) is 0 Å². The summed E-state index contributed by atoms with van der Waals surface area (Å²) in [5.41, 5.74) is 2.33. The van der Waals surface area contributed by atoms with Crippen LogP contribution in [-0.4, -0.2) is 63.7 Å². The van der Waals surface area contributed by atoms with Crippen molar-refractivity contribution in [3.05, 3.63) is 36.2 Å². The molecule has 0 bridgehead atoms. The van der Waals surface area contributed by atoms with Gasteiger partial charge in [0.25, 0.3) is 0 Å². The number of carboxylic acids is 1. The zero-order valence-electron chi connectivity index (χ0n) is 24.3. The number of carboxylic acid groups (broad SMARTS) is 1. The van der Waals surface area contributed by atoms with Crippen molar-refractivity contribution in [2.45, 2.75) is 67.0 Å². The number of aliphatic carboxylic acids is 1. The fourth-order valence-electron chi connectivity index (χ4n) is 3.31. The molecule has 0 aliphatic carbocycles. The van der Waals surface area contributed by atoms with Crippen LogP contribution < -0.4 is 9.47 Å². The van der Waals surface area contributed by atoms with Gasteiger partial charge in [-0.05, 0) is 44.4 Å². The van der Waals surface area contributed by atoms with Crippen LogP contribution in [0.4, 0.5) is 0 Å². The van der Waals surface area contributed by atoms with Crippen LogP contribution in [0.2, 0.25) is 25.7 Å². The van der Waals surface area contributed by atoms with E-state index in [9.17, 15) is 9.90 Å². The third-order valence-electron chi connectivity index (χ3n) is 5.94. The van der Waals surface area contributed by atoms with Gasteiger partial charge in [0, 0.05) is 44.3 Å². The normalized spacial score (nSPS) is 12.1. The molecule has 3 aromatic rings. The molecule has 0 aliphatic heterocycles. The van der Waals surface area contributed by atoms with Crippen LogP contribution >= 0.6 is 0 Å². The van der Waals surface area contributed by atoms with Crippen molar-refractivity contribution in [2.75, 3.05) is 19.8 Å². The average Bonchev–Trinajstić information content (AvgIpc) is 3.27. The van der Waals surface area contributed by atoms with Gasteiger partial charge in [0.1, 0.15) is 19.0 Å². The summed E-state index contributed by atoms with van der Waals surface area (Å²) in [5.74, 6) is 0.273. The number of rotatable bonds is 14. The fourth-order valence-corrected chi connectivity index (χ4v) is 4.07. The van der Waals surface area contributed by atoms with Crippen molar-refractivity contribution in [3.63, 3.8) is 0 Å². The smallest absolute Gasteiger partial charge is 0.317 e. The quantitative estimate of drug-likeness (QED) is 0.202. The molecule has 0 saturated heterocycles. The van der Waals surface area contributed by atoms with Crippen molar-refractivity contribution in [2.24, 2.45) is 11.3 Å². The Labute approximate surface area is 231 Å². The molecule has 3 heterocycles. The first kappa shape index (κ1) is 30.2. The molecule has 0 aliphatic rings. The van der Waals surface area contributed by atoms with Crippen molar-refractivity contribution in [1.82, 2.24) is 24.7 Å². The summed E-state index contributed by atoms with van der Waals surface area (Å²) in [4.78, 5) is 24.9. The van der Waals surface area contributed by atoms with Crippen molar-refractivity contribution < 1.29 is 24.1 Å². The molecule has 39 heavy (non-hydrogen) atoms. The predicted octanol–water partition coefficient (Wildman–Crippen LogP) is 5.55. The molecule has 0 atom stereocenters. The van der Waals surface area contributed by atoms with Gasteiger partial charge in [0.2, 0.25) is 11.7 Å². The number of hydrogen-bond donors (Lipinski definition) is 1. The maximum Gasteiger partial charge on any atom is 0.317 e. The van der Waals surface area contributed by atoms with Gasteiger partial charge in [-0.25, -0.2) is 4.98 Å². The molecule has 0 fully saturated rings. The number of ether oxygens (including phenoxy) is 3. The third kappa shape index (κ3) is 8.86. The van der Waals surface area contributed by atoms with Gasteiger partial charge in [-0.2, -0.15) is 9.67 Å². The Morgan fingerprint density at radius 2 is 1.87 bits per heavy atom. The zero-order valence-corrected chi connectivity index (χ0v) is 25.3. The van der Waals surface area contributed by atoms with Gasteiger partial charge in [-0.1, -0.05) is 39.6 Å². The summed E-state index contributed by atoms with van der Waals surface area (Å²) in [6.07, 6.45) is 3.46. The molecular weight excluding hydrogens is 514 g/mol. The molecule has 212 valence electrons. The maximum absolute atomic E-state index is 11.3. The molecule has 11 heteroatoms. The van der Waals surface area contributed by atoms with Crippen molar-refractivity contribution in [1.29, 1.82) is 0 Å². The molecular formula is C28H41N5O5Si. The minimum atomic E-state index is -1.19. The number of hydrogen-bond acceptors (Lipinski definition) is 8. The van der Waals surface area contributed by atoms with E-state index in [1.165, 1.54) is 0 Å². The van der Waals surface area contributed by atoms with E-state index in [2.05, 4.69) is 53.5 Å². The molecule has 1 N–H and O–H groups in total. The molecule has 3 aromatic heterocycles. The monoisotopic (exact) mass is 555 g/mol. The lowest BCUT2D eigenvalue weighted by Crippen LogP contribution is -2.30. The lowest BCUT2D eigenvalue weighted by molar-refractivity contribution is -0.148. The Morgan fingerprint density at radius 1 is 1.13 bits per heavy atom. The van der Waals surface area contributed by atoms with Crippen LogP contribution in [0.3, 0.4) is 0 Å². The molecule has 0 radical (unpaired) electrons. The topological polar surface area (TPSA) is 121 Å². The Kier molecular flexibility index (Phi) is 9.84. The molecule has 10 nitrogen and oxygen atoms in total. The highest BCUT2D eigenvalue weighted by Gasteiger charge is 2.28. The van der Waals surface area contributed by atoms with Gasteiger partial charge in [0.05, 0.1) is 12.0 Å². The standard InChI is InChI=1S/C28H41N5O5Si/c1-19(2)16-37-27-31-25(32-33(27)18-36-11-12-39(6,7)8)23-10-9-21(14-29-23)22-15-30-24(13-20(22)3)38-17-28(4,5)26(34)35/h9-10,13-15,19H,11-12,16-18H2,1-8H3,(H,34,35). The van der Waals surface area contributed by atoms with E-state index in [4.69, 9.17) is 14.2 Å². The fraction of sp³-hybridized carbons (Fsp3) is 0.536. The molecule has 0 aromatic carbocycles. The maximum atomic E-state index is 11.3. The average molecular weight is 556 g/mol. The lowest BCUT2D eigenvalue weighted by Gasteiger charge is -2.19. The summed E-state index contributed by atoms with van der Waals surface area (Å²) >= 11 is 0. The SMILES string of the molecule is Cc1cc(OCC(C)(C)C(=O)O)ncc1-c1ccc(-c2nc(OCC(C)C)n(COCC[Si](C)(C)C)n2)nc1. The third-order valence-corrected chi connectivity index (χ3v) is 7.65. The van der Waals surface area contributed by atoms with Gasteiger partial charge < -0.3 is 19.3 Å². The first-order valence-corrected chi connectivity index (χ1v) is 16.9. The molecule has 3 rings (SSSR count). The van der Waals surface area contributed by atoms with E-state index >= 15 is 0 Å². The summed E-state index contributed by atoms with van der Waals surface area (Å²) in [6.45, 7) is 17.8. The van der Waals surface area contributed by atoms with E-state index in [0.717, 1.165) is 22.7 Å². The van der Waals surface area contributed by atoms with E-state index in [0.29, 0.717) is 42.5 Å². The van der Waals surface area contributed by atoms with Crippen LogP contribution in [-0.2, 0) is 16.3 Å². The molecule has 0 amide bonds. The van der Waals surface area contributed by atoms with E-state index in [1.54, 1.807) is 37.0 Å². The number of pyridine rings is 2. The van der Waals surface area contributed by atoms with E-state index < -0.39 is 19.5 Å². The second-order valence-corrected chi connectivity index (χ2v) is 17.6. The van der Waals surface area contributed by atoms with Crippen LogP contribution in [0.1, 0.15) is 33.3 Å². The molecule has 0 spiro atoms. The largest absolute Gasteiger partial charge is 0.481 e. The van der Waals surface area contributed by atoms with Crippen LogP contribution in [0.25, 0.3) is 22.6 Å². The number of carbonyl (C=O) groups is 1. The molecule has 0 unspecified atom stereocenters. The van der Waals surface area contributed by atoms with Crippen molar-refractivity contribution in [3.8, 4) is 34.5 Å². The number of aromatic nitrogens is 5. The van der Waals surface area contributed by atoms with Crippen LogP contribution in [0.15, 0.2) is 30.6 Å². The first-order valence-electron chi connectivity index (χ1n) is 13.2. The lowest BCUT2D eigenvalue weighted by atomic mass is 9.95. The zero-order chi connectivity index (χ0) is 28.8. The van der Waals surface area contributed by atoms with E-state index in [1.807, 2.05) is 19.1 Å². The first-order chi connectivity index (χ1) is 18.2. The van der Waals surface area contributed by atoms with Gasteiger partial charge in [-0.15, -0.1) is 5.10 Å². The van der Waals surface area contributed by atoms with Crippen molar-refractivity contribution >= 4 is 14.0 Å². The van der Waals surface area contributed by atoms with Gasteiger partial charge >= 0.3 is 12.0 Å². The second-order valence-electron chi connectivity index (χ2n) is 12.0. The number of nitrogens with zero attached hydrogens (tertiary/aromatic N) is 5. The Bertz CT molecular complexity index is 1250. The minimum absolute atomic E-state index is 0.0241. The van der Waals surface area contributed by atoms with Crippen LogP contribution in [0.5, 0.6) is 11.9 Å². The van der Waals surface area contributed by atoms with Crippen LogP contribution in [0, 0.1) is 18.3 Å². The Morgan fingerprint density at radius 3 is 2.46 bits per heavy atom. The van der Waals surface area contributed by atoms with Gasteiger partial charge in [-0.3, -0.25) is 9.78 Å². The summed E-state index contributed by atoms with van der Waals surface area (Å²) in [6, 6.07) is 7.10. The van der Waals surface area contributed by atoms with E-state index in [-0.39, 0.29) is 13.3 Å². The Hall–Kier alpha value is -3.31. The highest BCUT2D eigenvalue weighted by molar-refractivity contribution is 6.76. The summed E-state index contributed by atoms with van der Waals surface area (Å²) in [5, 5.41) is 13.9. The minimum Gasteiger partial charge on any atom is -0.481 e. The highest BCUT2D eigenvalue weighted by Crippen LogP contribution is 2.27. The second kappa shape index (κ2) is 12.7. The predicted molar refractivity (Wildman–Crippen MR) is 153 cm³/mol. The number of aryl methyl sites for hydroxylation is 1.